The van der Waals surface area contributed by atoms with Gasteiger partial charge in [-0.2, -0.15) is 13.2 Å². The van der Waals surface area contributed by atoms with Gasteiger partial charge in [0.2, 0.25) is 11.8 Å². The minimum Gasteiger partial charge on any atom is -0.326 e. The van der Waals surface area contributed by atoms with E-state index in [4.69, 9.17) is 11.6 Å². The van der Waals surface area contributed by atoms with Crippen molar-refractivity contribution in [3.05, 3.63) is 58.6 Å². The molecule has 2 aromatic rings. The summed E-state index contributed by atoms with van der Waals surface area (Å²) in [5.41, 5.74) is 0.753. The highest BCUT2D eigenvalue weighted by molar-refractivity contribution is 6.34. The van der Waals surface area contributed by atoms with Gasteiger partial charge >= 0.3 is 6.18 Å². The van der Waals surface area contributed by atoms with E-state index in [0.29, 0.717) is 34.9 Å². The van der Waals surface area contributed by atoms with Crippen molar-refractivity contribution in [2.24, 2.45) is 0 Å². The summed E-state index contributed by atoms with van der Waals surface area (Å²) in [5.74, 6) is -0.369. The Morgan fingerprint density at radius 3 is 2.41 bits per heavy atom. The van der Waals surface area contributed by atoms with E-state index in [9.17, 15) is 22.8 Å². The van der Waals surface area contributed by atoms with Crippen LogP contribution < -0.4 is 10.2 Å². The molecule has 1 aliphatic heterocycles. The number of hydrogen-bond donors (Lipinski definition) is 1. The third kappa shape index (κ3) is 4.60. The van der Waals surface area contributed by atoms with Gasteiger partial charge in [-0.25, -0.2) is 0 Å². The first-order chi connectivity index (χ1) is 12.7. The van der Waals surface area contributed by atoms with E-state index in [1.54, 1.807) is 23.1 Å². The number of alkyl halides is 3. The fourth-order valence-corrected chi connectivity index (χ4v) is 3.19. The third-order valence-electron chi connectivity index (χ3n) is 4.24. The molecule has 1 heterocycles. The molecule has 0 bridgehead atoms. The predicted molar refractivity (Wildman–Crippen MR) is 96.8 cm³/mol. The van der Waals surface area contributed by atoms with E-state index in [1.165, 1.54) is 12.1 Å². The summed E-state index contributed by atoms with van der Waals surface area (Å²) in [7, 11) is 0. The molecule has 0 aromatic heterocycles. The van der Waals surface area contributed by atoms with Crippen LogP contribution >= 0.6 is 11.6 Å². The molecule has 8 heteroatoms. The Morgan fingerprint density at radius 1 is 1.15 bits per heavy atom. The monoisotopic (exact) mass is 396 g/mol. The number of amides is 2. The number of nitrogens with zero attached hydrogens (tertiary/aromatic N) is 1. The van der Waals surface area contributed by atoms with Gasteiger partial charge in [-0.3, -0.25) is 9.59 Å². The lowest BCUT2D eigenvalue weighted by atomic mass is 10.1. The Hall–Kier alpha value is -2.54. The van der Waals surface area contributed by atoms with Crippen LogP contribution in [0.3, 0.4) is 0 Å². The molecule has 0 atom stereocenters. The molecule has 1 saturated heterocycles. The van der Waals surface area contributed by atoms with Crippen molar-refractivity contribution in [2.75, 3.05) is 16.8 Å². The molecule has 1 N–H and O–H groups in total. The SMILES string of the molecule is O=C(Cc1ccc(C(F)(F)F)cc1)Nc1ccc(N2CCCC2=O)c(Cl)c1. The molecule has 142 valence electrons. The number of benzene rings is 2. The van der Waals surface area contributed by atoms with Gasteiger partial charge in [0.25, 0.3) is 0 Å². The van der Waals surface area contributed by atoms with Crippen LogP contribution in [0.5, 0.6) is 0 Å². The van der Waals surface area contributed by atoms with Crippen LogP contribution in [0.15, 0.2) is 42.5 Å². The quantitative estimate of drug-likeness (QED) is 0.816. The Bertz CT molecular complexity index is 866. The standard InChI is InChI=1S/C19H16ClF3N2O2/c20-15-11-14(7-8-16(15)25-9-1-2-18(25)27)24-17(26)10-12-3-5-13(6-4-12)19(21,22)23/h3-8,11H,1-2,9-10H2,(H,24,26). The Balaban J connectivity index is 1.64. The van der Waals surface area contributed by atoms with E-state index in [1.807, 2.05) is 0 Å². The molecule has 0 radical (unpaired) electrons. The largest absolute Gasteiger partial charge is 0.416 e. The van der Waals surface area contributed by atoms with Gasteiger partial charge in [-0.15, -0.1) is 0 Å². The Morgan fingerprint density at radius 2 is 1.85 bits per heavy atom. The van der Waals surface area contributed by atoms with Gasteiger partial charge in [0.15, 0.2) is 0 Å². The van der Waals surface area contributed by atoms with Crippen LogP contribution in [-0.4, -0.2) is 18.4 Å². The third-order valence-corrected chi connectivity index (χ3v) is 4.54. The normalized spacial score (nSPS) is 14.5. The maximum atomic E-state index is 12.6. The van der Waals surface area contributed by atoms with Crippen LogP contribution in [0.1, 0.15) is 24.0 Å². The maximum absolute atomic E-state index is 12.6. The number of rotatable bonds is 4. The van der Waals surface area contributed by atoms with Gasteiger partial charge in [-0.1, -0.05) is 23.7 Å². The zero-order valence-electron chi connectivity index (χ0n) is 14.1. The van der Waals surface area contributed by atoms with Crippen molar-refractivity contribution in [2.45, 2.75) is 25.4 Å². The van der Waals surface area contributed by atoms with Crippen molar-refractivity contribution in [1.82, 2.24) is 0 Å². The number of hydrogen-bond acceptors (Lipinski definition) is 2. The van der Waals surface area contributed by atoms with Crippen LogP contribution in [0.25, 0.3) is 0 Å². The second-order valence-electron chi connectivity index (χ2n) is 6.23. The highest BCUT2D eigenvalue weighted by atomic mass is 35.5. The van der Waals surface area contributed by atoms with Crippen LogP contribution in [0.4, 0.5) is 24.5 Å². The summed E-state index contributed by atoms with van der Waals surface area (Å²) in [6.45, 7) is 0.609. The van der Waals surface area contributed by atoms with E-state index in [2.05, 4.69) is 5.32 Å². The van der Waals surface area contributed by atoms with Gasteiger partial charge in [0.1, 0.15) is 0 Å². The number of halogens is 4. The van der Waals surface area contributed by atoms with Crippen molar-refractivity contribution in [3.8, 4) is 0 Å². The number of anilines is 2. The van der Waals surface area contributed by atoms with E-state index in [-0.39, 0.29) is 18.2 Å². The summed E-state index contributed by atoms with van der Waals surface area (Å²) in [4.78, 5) is 25.5. The topological polar surface area (TPSA) is 49.4 Å². The molecular weight excluding hydrogens is 381 g/mol. The molecule has 2 amide bonds. The fraction of sp³-hybridized carbons (Fsp3) is 0.263. The van der Waals surface area contributed by atoms with Crippen LogP contribution in [0, 0.1) is 0 Å². The second kappa shape index (κ2) is 7.60. The summed E-state index contributed by atoms with van der Waals surface area (Å²) < 4.78 is 37.7. The molecule has 27 heavy (non-hydrogen) atoms. The Labute approximate surface area is 158 Å². The summed E-state index contributed by atoms with van der Waals surface area (Å²) >= 11 is 6.23. The van der Waals surface area contributed by atoms with Gasteiger partial charge in [-0.05, 0) is 42.3 Å². The van der Waals surface area contributed by atoms with E-state index < -0.39 is 11.7 Å². The first kappa shape index (κ1) is 19.2. The van der Waals surface area contributed by atoms with E-state index in [0.717, 1.165) is 18.6 Å². The predicted octanol–water partition coefficient (Wildman–Crippen LogP) is 4.67. The molecule has 2 aromatic carbocycles. The minimum absolute atomic E-state index is 0.0102. The molecule has 0 unspecified atom stereocenters. The van der Waals surface area contributed by atoms with E-state index >= 15 is 0 Å². The average molecular weight is 397 g/mol. The summed E-state index contributed by atoms with van der Waals surface area (Å²) in [6.07, 6.45) is -3.21. The Kier molecular flexibility index (Phi) is 5.41. The lowest BCUT2D eigenvalue weighted by Crippen LogP contribution is -2.24. The van der Waals surface area contributed by atoms with Gasteiger partial charge < -0.3 is 10.2 Å². The molecule has 1 aliphatic rings. The molecule has 4 nitrogen and oxygen atoms in total. The second-order valence-corrected chi connectivity index (χ2v) is 6.64. The zero-order chi connectivity index (χ0) is 19.6. The lowest BCUT2D eigenvalue weighted by Gasteiger charge is -2.18. The highest BCUT2D eigenvalue weighted by Crippen LogP contribution is 2.32. The van der Waals surface area contributed by atoms with Gasteiger partial charge in [0, 0.05) is 18.7 Å². The summed E-state index contributed by atoms with van der Waals surface area (Å²) in [5, 5.41) is 3.00. The minimum atomic E-state index is -4.41. The molecule has 0 aliphatic carbocycles. The first-order valence-corrected chi connectivity index (χ1v) is 8.68. The molecule has 0 saturated carbocycles. The molecule has 0 spiro atoms. The lowest BCUT2D eigenvalue weighted by molar-refractivity contribution is -0.137. The van der Waals surface area contributed by atoms with Crippen molar-refractivity contribution in [1.29, 1.82) is 0 Å². The van der Waals surface area contributed by atoms with Crippen molar-refractivity contribution in [3.63, 3.8) is 0 Å². The number of nitrogens with one attached hydrogen (secondary N) is 1. The fourth-order valence-electron chi connectivity index (χ4n) is 2.91. The molecule has 1 fully saturated rings. The smallest absolute Gasteiger partial charge is 0.326 e. The van der Waals surface area contributed by atoms with Crippen LogP contribution in [0.2, 0.25) is 5.02 Å². The number of carbonyl (C=O) groups is 2. The van der Waals surface area contributed by atoms with Crippen LogP contribution in [-0.2, 0) is 22.2 Å². The number of carbonyl (C=O) groups excluding carboxylic acids is 2. The molecule has 3 rings (SSSR count). The summed E-state index contributed by atoms with van der Waals surface area (Å²) in [6, 6.07) is 9.29. The van der Waals surface area contributed by atoms with Gasteiger partial charge in [0.05, 0.1) is 22.7 Å². The zero-order valence-corrected chi connectivity index (χ0v) is 14.9. The average Bonchev–Trinajstić information content (AvgIpc) is 3.00. The first-order valence-electron chi connectivity index (χ1n) is 8.30. The van der Waals surface area contributed by atoms with Crippen molar-refractivity contribution < 1.29 is 22.8 Å². The highest BCUT2D eigenvalue weighted by Gasteiger charge is 2.30. The maximum Gasteiger partial charge on any atom is 0.416 e. The van der Waals surface area contributed by atoms with Crippen molar-refractivity contribution >= 4 is 34.8 Å². The molecular formula is C19H16ClF3N2O2.